The second-order valence-electron chi connectivity index (χ2n) is 7.04. The van der Waals surface area contributed by atoms with Crippen LogP contribution in [0.1, 0.15) is 60.3 Å². The summed E-state index contributed by atoms with van der Waals surface area (Å²) in [7, 11) is 0. The molecule has 0 aromatic rings. The van der Waals surface area contributed by atoms with Crippen molar-refractivity contribution in [2.45, 2.75) is 60.3 Å². The molecule has 0 unspecified atom stereocenters. The van der Waals surface area contributed by atoms with Gasteiger partial charge in [0.1, 0.15) is 6.61 Å². The minimum Gasteiger partial charge on any atom is -0.396 e. The molecule has 0 aliphatic rings. The van der Waals surface area contributed by atoms with Gasteiger partial charge in [0.25, 0.3) is 0 Å². The summed E-state index contributed by atoms with van der Waals surface area (Å²) in [5.74, 6) is 0. The molecule has 4 nitrogen and oxygen atoms in total. The summed E-state index contributed by atoms with van der Waals surface area (Å²) in [6, 6.07) is 0. The number of hydrogen-bond donors (Lipinski definition) is 1. The highest BCUT2D eigenvalue weighted by atomic mass is 17.2. The zero-order valence-corrected chi connectivity index (χ0v) is 14.0. The van der Waals surface area contributed by atoms with Crippen molar-refractivity contribution in [3.63, 3.8) is 0 Å². The van der Waals surface area contributed by atoms with Gasteiger partial charge in [0.2, 0.25) is 0 Å². The SMILES string of the molecule is CCCC(C)(C)COOCCOCCCC(C)(C)CO. The fourth-order valence-corrected chi connectivity index (χ4v) is 1.94. The fraction of sp³-hybridized carbons (Fsp3) is 1.00. The predicted octanol–water partition coefficient (Wildman–Crippen LogP) is 3.58. The van der Waals surface area contributed by atoms with Crippen LogP contribution in [0.25, 0.3) is 0 Å². The average Bonchev–Trinajstić information content (AvgIpc) is 2.36. The second kappa shape index (κ2) is 10.6. The van der Waals surface area contributed by atoms with E-state index in [9.17, 15) is 0 Å². The van der Waals surface area contributed by atoms with E-state index < -0.39 is 0 Å². The molecule has 0 aliphatic carbocycles. The van der Waals surface area contributed by atoms with E-state index in [-0.39, 0.29) is 17.4 Å². The topological polar surface area (TPSA) is 47.9 Å². The van der Waals surface area contributed by atoms with E-state index in [4.69, 9.17) is 19.6 Å². The van der Waals surface area contributed by atoms with E-state index in [2.05, 4.69) is 34.6 Å². The molecule has 0 bridgehead atoms. The molecular formula is C16H34O4. The number of aliphatic hydroxyl groups is 1. The van der Waals surface area contributed by atoms with Gasteiger partial charge in [-0.1, -0.05) is 41.0 Å². The molecule has 0 radical (unpaired) electrons. The molecule has 0 heterocycles. The van der Waals surface area contributed by atoms with Gasteiger partial charge in [-0.15, -0.1) is 0 Å². The third-order valence-corrected chi connectivity index (χ3v) is 3.34. The van der Waals surface area contributed by atoms with Crippen LogP contribution in [0.4, 0.5) is 0 Å². The summed E-state index contributed by atoms with van der Waals surface area (Å²) in [6.07, 6.45) is 4.21. The van der Waals surface area contributed by atoms with E-state index >= 15 is 0 Å². The van der Waals surface area contributed by atoms with Gasteiger partial charge in [-0.05, 0) is 30.1 Å². The molecule has 0 atom stereocenters. The van der Waals surface area contributed by atoms with E-state index in [1.165, 1.54) is 0 Å². The molecule has 0 amide bonds. The maximum absolute atomic E-state index is 9.12. The van der Waals surface area contributed by atoms with Crippen molar-refractivity contribution >= 4 is 0 Å². The number of hydrogen-bond acceptors (Lipinski definition) is 4. The van der Waals surface area contributed by atoms with Crippen LogP contribution < -0.4 is 0 Å². The quantitative estimate of drug-likeness (QED) is 0.320. The van der Waals surface area contributed by atoms with Crippen molar-refractivity contribution in [3.8, 4) is 0 Å². The number of ether oxygens (including phenoxy) is 1. The highest BCUT2D eigenvalue weighted by Crippen LogP contribution is 2.22. The summed E-state index contributed by atoms with van der Waals surface area (Å²) in [5.41, 5.74) is 0.166. The first kappa shape index (κ1) is 19.8. The van der Waals surface area contributed by atoms with Gasteiger partial charge in [-0.3, -0.25) is 0 Å². The van der Waals surface area contributed by atoms with E-state index in [0.717, 1.165) is 25.7 Å². The smallest absolute Gasteiger partial charge is 0.106 e. The van der Waals surface area contributed by atoms with Crippen LogP contribution in [0.5, 0.6) is 0 Å². The molecule has 0 saturated heterocycles. The Hall–Kier alpha value is -0.160. The van der Waals surface area contributed by atoms with Gasteiger partial charge in [-0.2, -0.15) is 0 Å². The maximum Gasteiger partial charge on any atom is 0.106 e. The summed E-state index contributed by atoms with van der Waals surface area (Å²) in [5, 5.41) is 9.12. The molecule has 0 rings (SSSR count). The van der Waals surface area contributed by atoms with E-state index in [1.54, 1.807) is 0 Å². The first-order chi connectivity index (χ1) is 9.33. The number of rotatable bonds is 13. The fourth-order valence-electron chi connectivity index (χ4n) is 1.94. The summed E-state index contributed by atoms with van der Waals surface area (Å²) in [6.45, 7) is 13.2. The standard InChI is InChI=1S/C16H34O4/c1-6-8-16(4,5)14-20-19-12-11-18-10-7-9-15(2,3)13-17/h17H,6-14H2,1-5H3. The summed E-state index contributed by atoms with van der Waals surface area (Å²) in [4.78, 5) is 10.3. The van der Waals surface area contributed by atoms with Gasteiger partial charge in [0, 0.05) is 13.2 Å². The maximum atomic E-state index is 9.12. The molecule has 0 aliphatic heterocycles. The van der Waals surface area contributed by atoms with Gasteiger partial charge in [0.05, 0.1) is 13.2 Å². The van der Waals surface area contributed by atoms with Crippen LogP contribution in [0, 0.1) is 10.8 Å². The first-order valence-electron chi connectivity index (χ1n) is 7.76. The Morgan fingerprint density at radius 1 is 0.850 bits per heavy atom. The lowest BCUT2D eigenvalue weighted by atomic mass is 9.89. The lowest BCUT2D eigenvalue weighted by Crippen LogP contribution is -2.20. The highest BCUT2D eigenvalue weighted by molar-refractivity contribution is 4.66. The molecule has 0 aromatic carbocycles. The Morgan fingerprint density at radius 3 is 2.15 bits per heavy atom. The van der Waals surface area contributed by atoms with Crippen molar-refractivity contribution in [2.24, 2.45) is 10.8 Å². The minimum absolute atomic E-state index is 0.00612. The van der Waals surface area contributed by atoms with Crippen molar-refractivity contribution in [2.75, 3.05) is 33.0 Å². The molecule has 0 fully saturated rings. The Labute approximate surface area is 124 Å². The zero-order valence-electron chi connectivity index (χ0n) is 14.0. The largest absolute Gasteiger partial charge is 0.396 e. The molecule has 0 aromatic heterocycles. The molecule has 122 valence electrons. The molecule has 20 heavy (non-hydrogen) atoms. The lowest BCUT2D eigenvalue weighted by molar-refractivity contribution is -0.312. The third kappa shape index (κ3) is 11.6. The van der Waals surface area contributed by atoms with E-state index in [0.29, 0.717) is 26.4 Å². The normalized spacial score (nSPS) is 12.9. The van der Waals surface area contributed by atoms with E-state index in [1.807, 2.05) is 0 Å². The van der Waals surface area contributed by atoms with Crippen LogP contribution in [0.2, 0.25) is 0 Å². The highest BCUT2D eigenvalue weighted by Gasteiger charge is 2.17. The molecular weight excluding hydrogens is 256 g/mol. The zero-order chi connectivity index (χ0) is 15.5. The van der Waals surface area contributed by atoms with Crippen molar-refractivity contribution in [1.29, 1.82) is 0 Å². The predicted molar refractivity (Wildman–Crippen MR) is 81.5 cm³/mol. The molecule has 4 heteroatoms. The Balaban J connectivity index is 3.33. The molecule has 0 saturated carbocycles. The molecule has 1 N–H and O–H groups in total. The van der Waals surface area contributed by atoms with Crippen LogP contribution in [0.3, 0.4) is 0 Å². The van der Waals surface area contributed by atoms with Crippen LogP contribution >= 0.6 is 0 Å². The van der Waals surface area contributed by atoms with Crippen molar-refractivity contribution in [3.05, 3.63) is 0 Å². The summed E-state index contributed by atoms with van der Waals surface area (Å²) < 4.78 is 5.47. The Bertz CT molecular complexity index is 227. The Kier molecular flexibility index (Phi) is 10.5. The average molecular weight is 290 g/mol. The Morgan fingerprint density at radius 2 is 1.55 bits per heavy atom. The second-order valence-corrected chi connectivity index (χ2v) is 7.04. The minimum atomic E-state index is -0.00612. The number of aliphatic hydroxyl groups excluding tert-OH is 1. The summed E-state index contributed by atoms with van der Waals surface area (Å²) >= 11 is 0. The van der Waals surface area contributed by atoms with Crippen molar-refractivity contribution < 1.29 is 19.6 Å². The van der Waals surface area contributed by atoms with Crippen LogP contribution in [0.15, 0.2) is 0 Å². The van der Waals surface area contributed by atoms with Gasteiger partial charge >= 0.3 is 0 Å². The van der Waals surface area contributed by atoms with Gasteiger partial charge in [0.15, 0.2) is 0 Å². The van der Waals surface area contributed by atoms with Crippen LogP contribution in [-0.2, 0) is 14.5 Å². The van der Waals surface area contributed by atoms with Crippen molar-refractivity contribution in [1.82, 2.24) is 0 Å². The first-order valence-corrected chi connectivity index (χ1v) is 7.76. The third-order valence-electron chi connectivity index (χ3n) is 3.34. The van der Waals surface area contributed by atoms with Crippen LogP contribution in [-0.4, -0.2) is 38.1 Å². The monoisotopic (exact) mass is 290 g/mol. The van der Waals surface area contributed by atoms with Gasteiger partial charge in [-0.25, -0.2) is 9.78 Å². The van der Waals surface area contributed by atoms with Gasteiger partial charge < -0.3 is 9.84 Å². The molecule has 0 spiro atoms. The lowest BCUT2D eigenvalue weighted by Gasteiger charge is -2.22.